The number of H-pyrrole nitrogens is 1. The normalized spacial score (nSPS) is 23.3. The van der Waals surface area contributed by atoms with Gasteiger partial charge in [-0.25, -0.2) is 0 Å². The van der Waals surface area contributed by atoms with Crippen LogP contribution in [0.4, 0.5) is 0 Å². The number of benzene rings is 3. The summed E-state index contributed by atoms with van der Waals surface area (Å²) in [4.78, 5) is 13.4. The van der Waals surface area contributed by atoms with Crippen LogP contribution in [-0.2, 0) is 6.42 Å². The molecule has 0 saturated heterocycles. The van der Waals surface area contributed by atoms with Crippen LogP contribution in [-0.4, -0.2) is 27.3 Å². The van der Waals surface area contributed by atoms with Gasteiger partial charge in [-0.3, -0.25) is 9.89 Å². The number of hydrogen-bond acceptors (Lipinski definition) is 3. The van der Waals surface area contributed by atoms with Crippen LogP contribution in [0.2, 0.25) is 5.02 Å². The quantitative estimate of drug-likeness (QED) is 0.218. The first-order chi connectivity index (χ1) is 19.4. The topological polar surface area (TPSA) is 78.0 Å². The van der Waals surface area contributed by atoms with E-state index in [1.54, 1.807) is 0 Å². The smallest absolute Gasteiger partial charge is 0.251 e. The summed E-state index contributed by atoms with van der Waals surface area (Å²) in [7, 11) is 0. The highest BCUT2D eigenvalue weighted by Crippen LogP contribution is 2.44. The Morgan fingerprint density at radius 3 is 2.62 bits per heavy atom. The second-order valence-electron chi connectivity index (χ2n) is 12.3. The number of halogens is 1. The molecule has 1 heterocycles. The van der Waals surface area contributed by atoms with Crippen molar-refractivity contribution in [3.63, 3.8) is 0 Å². The Kier molecular flexibility index (Phi) is 7.69. The lowest BCUT2D eigenvalue weighted by molar-refractivity contribution is 0.0925. The first kappa shape index (κ1) is 27.0. The summed E-state index contributed by atoms with van der Waals surface area (Å²) in [6, 6.07) is 21.9. The number of fused-ring (bicyclic) bond motifs is 5. The van der Waals surface area contributed by atoms with Gasteiger partial charge in [0.2, 0.25) is 0 Å². The van der Waals surface area contributed by atoms with Gasteiger partial charge in [0.1, 0.15) is 0 Å². The molecule has 5 nitrogen and oxygen atoms in total. The van der Waals surface area contributed by atoms with Gasteiger partial charge < -0.3 is 10.4 Å². The fraction of sp³-hybridized carbons (Fsp3) is 0.412. The third-order valence-corrected chi connectivity index (χ3v) is 9.52. The van der Waals surface area contributed by atoms with Crippen LogP contribution in [0.25, 0.3) is 22.2 Å². The van der Waals surface area contributed by atoms with Gasteiger partial charge >= 0.3 is 0 Å². The van der Waals surface area contributed by atoms with Crippen molar-refractivity contribution in [2.75, 3.05) is 0 Å². The Morgan fingerprint density at radius 1 is 1.05 bits per heavy atom. The number of rotatable bonds is 7. The number of hydrogen-bond donors (Lipinski definition) is 3. The Morgan fingerprint density at radius 2 is 1.85 bits per heavy atom. The maximum atomic E-state index is 13.4. The summed E-state index contributed by atoms with van der Waals surface area (Å²) in [5.41, 5.74) is 5.63. The number of amides is 1. The van der Waals surface area contributed by atoms with Gasteiger partial charge in [-0.15, -0.1) is 0 Å². The van der Waals surface area contributed by atoms with Crippen LogP contribution in [0.1, 0.15) is 73.5 Å². The van der Waals surface area contributed by atoms with Crippen LogP contribution in [0.3, 0.4) is 0 Å². The maximum absolute atomic E-state index is 13.4. The molecule has 3 saturated carbocycles. The molecule has 0 radical (unpaired) electrons. The standard InChI is InChI=1S/C34H38ClN3O2/c1-20(2)32(28-5-3-4-6-30(28)35)36-34(40)25-13-14-31-29(19-25)33(38-37-31)23-10-7-21(8-11-23)15-26-16-22-9-12-24(26)18-27(39)17-22/h3-8,10-11,13-14,19-20,22,24,26-27,32,39H,9,12,15-18H2,1-2H3,(H,36,40)(H,37,38). The summed E-state index contributed by atoms with van der Waals surface area (Å²) >= 11 is 6.47. The molecular formula is C34H38ClN3O2. The van der Waals surface area contributed by atoms with E-state index in [4.69, 9.17) is 11.6 Å². The molecule has 7 rings (SSSR count). The molecule has 3 N–H and O–H groups in total. The van der Waals surface area contributed by atoms with Crippen LogP contribution < -0.4 is 5.32 Å². The highest BCUT2D eigenvalue weighted by molar-refractivity contribution is 6.31. The summed E-state index contributed by atoms with van der Waals surface area (Å²) in [5.74, 6) is 2.02. The second kappa shape index (κ2) is 11.4. The van der Waals surface area contributed by atoms with E-state index in [2.05, 4.69) is 53.6 Å². The van der Waals surface area contributed by atoms with E-state index in [1.165, 1.54) is 24.8 Å². The van der Waals surface area contributed by atoms with E-state index in [1.807, 2.05) is 42.5 Å². The fourth-order valence-corrected chi connectivity index (χ4v) is 7.31. The van der Waals surface area contributed by atoms with Crippen molar-refractivity contribution in [1.29, 1.82) is 0 Å². The SMILES string of the molecule is CC(C)C(NC(=O)c1ccc2[nH]nc(-c3ccc(CC4CC5CCC4CC(O)C5)cc3)c2c1)c1ccccc1Cl. The molecule has 3 aliphatic rings. The molecule has 4 aromatic rings. The van der Waals surface area contributed by atoms with Crippen LogP contribution in [0, 0.1) is 23.7 Å². The molecule has 5 atom stereocenters. The lowest BCUT2D eigenvalue weighted by Crippen LogP contribution is -2.31. The van der Waals surface area contributed by atoms with Crippen molar-refractivity contribution in [1.82, 2.24) is 15.5 Å². The molecule has 0 spiro atoms. The van der Waals surface area contributed by atoms with Crippen LogP contribution in [0.5, 0.6) is 0 Å². The highest BCUT2D eigenvalue weighted by atomic mass is 35.5. The van der Waals surface area contributed by atoms with Gasteiger partial charge in [-0.1, -0.05) is 74.3 Å². The predicted molar refractivity (Wildman–Crippen MR) is 161 cm³/mol. The lowest BCUT2D eigenvalue weighted by atomic mass is 9.73. The molecule has 5 unspecified atom stereocenters. The average molecular weight is 556 g/mol. The van der Waals surface area contributed by atoms with E-state index < -0.39 is 0 Å². The molecular weight excluding hydrogens is 518 g/mol. The van der Waals surface area contributed by atoms with Gasteiger partial charge in [0.15, 0.2) is 0 Å². The molecule has 1 amide bonds. The van der Waals surface area contributed by atoms with Crippen molar-refractivity contribution < 1.29 is 9.90 Å². The Balaban J connectivity index is 1.20. The minimum Gasteiger partial charge on any atom is -0.393 e. The second-order valence-corrected chi connectivity index (χ2v) is 12.7. The number of carbonyl (C=O) groups excluding carboxylic acids is 1. The van der Waals surface area contributed by atoms with Gasteiger partial charge in [0.05, 0.1) is 23.4 Å². The van der Waals surface area contributed by atoms with Gasteiger partial charge in [0.25, 0.3) is 5.91 Å². The molecule has 3 aliphatic carbocycles. The number of carbonyl (C=O) groups is 1. The first-order valence-electron chi connectivity index (χ1n) is 14.7. The number of aromatic nitrogens is 2. The maximum Gasteiger partial charge on any atom is 0.251 e. The van der Waals surface area contributed by atoms with Crippen molar-refractivity contribution >= 4 is 28.4 Å². The van der Waals surface area contributed by atoms with E-state index >= 15 is 0 Å². The monoisotopic (exact) mass is 555 g/mol. The molecule has 208 valence electrons. The largest absolute Gasteiger partial charge is 0.393 e. The number of aliphatic hydroxyl groups excluding tert-OH is 1. The molecule has 1 aromatic heterocycles. The van der Waals surface area contributed by atoms with Crippen molar-refractivity contribution in [2.45, 2.75) is 64.5 Å². The number of nitrogens with one attached hydrogen (secondary N) is 2. The van der Waals surface area contributed by atoms with E-state index in [-0.39, 0.29) is 24.0 Å². The van der Waals surface area contributed by atoms with Crippen LogP contribution in [0.15, 0.2) is 66.7 Å². The highest BCUT2D eigenvalue weighted by Gasteiger charge is 2.36. The van der Waals surface area contributed by atoms with E-state index in [0.29, 0.717) is 28.3 Å². The zero-order chi connectivity index (χ0) is 27.8. The molecule has 0 aliphatic heterocycles. The van der Waals surface area contributed by atoms with Crippen molar-refractivity contribution in [3.05, 3.63) is 88.4 Å². The number of nitrogens with zero attached hydrogens (tertiary/aromatic N) is 1. The molecule has 2 bridgehead atoms. The van der Waals surface area contributed by atoms with Crippen LogP contribution >= 0.6 is 11.6 Å². The number of aromatic amines is 1. The summed E-state index contributed by atoms with van der Waals surface area (Å²) in [5, 5.41) is 22.8. The summed E-state index contributed by atoms with van der Waals surface area (Å²) < 4.78 is 0. The fourth-order valence-electron chi connectivity index (χ4n) is 7.06. The van der Waals surface area contributed by atoms with E-state index in [9.17, 15) is 9.90 Å². The molecule has 40 heavy (non-hydrogen) atoms. The van der Waals surface area contributed by atoms with Gasteiger partial charge in [-0.05, 0) is 91.2 Å². The predicted octanol–water partition coefficient (Wildman–Crippen LogP) is 7.74. The minimum absolute atomic E-state index is 0.114. The number of aliphatic hydroxyl groups is 1. The summed E-state index contributed by atoms with van der Waals surface area (Å²) in [6.07, 6.45) is 6.69. The zero-order valence-electron chi connectivity index (χ0n) is 23.2. The Labute approximate surface area is 241 Å². The molecule has 3 aromatic carbocycles. The van der Waals surface area contributed by atoms with Crippen molar-refractivity contribution in [2.24, 2.45) is 23.7 Å². The Hall–Kier alpha value is -3.15. The van der Waals surface area contributed by atoms with Gasteiger partial charge in [-0.2, -0.15) is 5.10 Å². The van der Waals surface area contributed by atoms with Crippen molar-refractivity contribution in [3.8, 4) is 11.3 Å². The third kappa shape index (κ3) is 5.55. The van der Waals surface area contributed by atoms with E-state index in [0.717, 1.165) is 47.0 Å². The van der Waals surface area contributed by atoms with Gasteiger partial charge in [0, 0.05) is 21.5 Å². The zero-order valence-corrected chi connectivity index (χ0v) is 24.0. The Bertz CT molecular complexity index is 1490. The first-order valence-corrected chi connectivity index (χ1v) is 15.0. The average Bonchev–Trinajstić information content (AvgIpc) is 3.20. The molecule has 3 fully saturated rings. The minimum atomic E-state index is -0.194. The lowest BCUT2D eigenvalue weighted by Gasteiger charge is -2.32. The molecule has 6 heteroatoms. The third-order valence-electron chi connectivity index (χ3n) is 9.17. The summed E-state index contributed by atoms with van der Waals surface area (Å²) in [6.45, 7) is 4.16.